The SMILES string of the molecule is CN=C(NCc1ccc(OCC(F)(F)F)c(OC)c1)NCC(CO)c1ccccc1. The molecule has 0 aliphatic heterocycles. The van der Waals surface area contributed by atoms with E-state index in [1.807, 2.05) is 30.3 Å². The van der Waals surface area contributed by atoms with E-state index in [9.17, 15) is 18.3 Å². The molecule has 6 nitrogen and oxygen atoms in total. The summed E-state index contributed by atoms with van der Waals surface area (Å²) < 4.78 is 47.0. The lowest BCUT2D eigenvalue weighted by Crippen LogP contribution is -2.39. The molecule has 164 valence electrons. The number of methoxy groups -OCH3 is 1. The molecule has 0 saturated carbocycles. The summed E-state index contributed by atoms with van der Waals surface area (Å²) in [6.45, 7) is -0.548. The summed E-state index contributed by atoms with van der Waals surface area (Å²) in [5, 5.41) is 15.9. The summed E-state index contributed by atoms with van der Waals surface area (Å²) >= 11 is 0. The van der Waals surface area contributed by atoms with E-state index in [0.717, 1.165) is 11.1 Å². The van der Waals surface area contributed by atoms with Crippen molar-refractivity contribution >= 4 is 5.96 Å². The van der Waals surface area contributed by atoms with Crippen LogP contribution in [0.2, 0.25) is 0 Å². The summed E-state index contributed by atoms with van der Waals surface area (Å²) in [4.78, 5) is 4.15. The summed E-state index contributed by atoms with van der Waals surface area (Å²) in [6.07, 6.45) is -4.42. The molecule has 30 heavy (non-hydrogen) atoms. The lowest BCUT2D eigenvalue weighted by Gasteiger charge is -2.18. The van der Waals surface area contributed by atoms with Gasteiger partial charge in [0.25, 0.3) is 0 Å². The number of guanidine groups is 1. The lowest BCUT2D eigenvalue weighted by molar-refractivity contribution is -0.153. The van der Waals surface area contributed by atoms with E-state index in [1.165, 1.54) is 13.2 Å². The van der Waals surface area contributed by atoms with Crippen molar-refractivity contribution in [2.75, 3.05) is 33.9 Å². The van der Waals surface area contributed by atoms with E-state index in [-0.39, 0.29) is 24.0 Å². The highest BCUT2D eigenvalue weighted by atomic mass is 19.4. The molecule has 1 unspecified atom stereocenters. The van der Waals surface area contributed by atoms with E-state index >= 15 is 0 Å². The number of alkyl halides is 3. The molecular formula is C21H26F3N3O3. The van der Waals surface area contributed by atoms with Crippen LogP contribution in [0.4, 0.5) is 13.2 Å². The standard InChI is InChI=1S/C21H26F3N3O3/c1-25-20(27-12-17(13-28)16-6-4-3-5-7-16)26-11-15-8-9-18(19(10-15)29-2)30-14-21(22,23)24/h3-10,17,28H,11-14H2,1-2H3,(H2,25,26,27). The zero-order valence-electron chi connectivity index (χ0n) is 16.9. The van der Waals surface area contributed by atoms with Crippen LogP contribution in [0.5, 0.6) is 11.5 Å². The van der Waals surface area contributed by atoms with Crippen LogP contribution < -0.4 is 20.1 Å². The first-order chi connectivity index (χ1) is 14.4. The molecule has 1 atom stereocenters. The molecule has 9 heteroatoms. The fraction of sp³-hybridized carbons (Fsp3) is 0.381. The van der Waals surface area contributed by atoms with Gasteiger partial charge in [-0.25, -0.2) is 0 Å². The van der Waals surface area contributed by atoms with Gasteiger partial charge in [-0.3, -0.25) is 4.99 Å². The number of aliphatic hydroxyl groups is 1. The van der Waals surface area contributed by atoms with E-state index in [1.54, 1.807) is 19.2 Å². The topological polar surface area (TPSA) is 75.1 Å². The number of hydrogen-bond donors (Lipinski definition) is 3. The van der Waals surface area contributed by atoms with Crippen molar-refractivity contribution < 1.29 is 27.8 Å². The number of nitrogens with one attached hydrogen (secondary N) is 2. The monoisotopic (exact) mass is 425 g/mol. The van der Waals surface area contributed by atoms with Crippen molar-refractivity contribution in [3.05, 3.63) is 59.7 Å². The van der Waals surface area contributed by atoms with Crippen LogP contribution in [0.15, 0.2) is 53.5 Å². The molecule has 2 aromatic rings. The molecule has 0 saturated heterocycles. The Bertz CT molecular complexity index is 814. The van der Waals surface area contributed by atoms with Crippen molar-refractivity contribution in [1.29, 1.82) is 0 Å². The fourth-order valence-electron chi connectivity index (χ4n) is 2.74. The highest BCUT2D eigenvalue weighted by Crippen LogP contribution is 2.29. The molecule has 0 amide bonds. The van der Waals surface area contributed by atoms with Crippen LogP contribution in [0, 0.1) is 0 Å². The third-order valence-electron chi connectivity index (χ3n) is 4.31. The predicted molar refractivity (Wildman–Crippen MR) is 109 cm³/mol. The largest absolute Gasteiger partial charge is 0.493 e. The van der Waals surface area contributed by atoms with Crippen LogP contribution >= 0.6 is 0 Å². The maximum Gasteiger partial charge on any atom is 0.422 e. The van der Waals surface area contributed by atoms with E-state index in [2.05, 4.69) is 15.6 Å². The molecule has 0 aliphatic carbocycles. The number of nitrogens with zero attached hydrogens (tertiary/aromatic N) is 1. The zero-order valence-corrected chi connectivity index (χ0v) is 16.9. The number of halogens is 3. The molecule has 0 aromatic heterocycles. The van der Waals surface area contributed by atoms with Gasteiger partial charge >= 0.3 is 6.18 Å². The van der Waals surface area contributed by atoms with E-state index < -0.39 is 12.8 Å². The number of rotatable bonds is 9. The Morgan fingerprint density at radius 3 is 2.43 bits per heavy atom. The minimum atomic E-state index is -4.42. The van der Waals surface area contributed by atoms with Gasteiger partial charge in [0, 0.05) is 26.1 Å². The maximum absolute atomic E-state index is 12.4. The Labute approximate surface area is 173 Å². The smallest absolute Gasteiger partial charge is 0.422 e. The predicted octanol–water partition coefficient (Wildman–Crippen LogP) is 3.08. The van der Waals surface area contributed by atoms with Gasteiger partial charge < -0.3 is 25.2 Å². The van der Waals surface area contributed by atoms with Crippen molar-refractivity contribution in [3.8, 4) is 11.5 Å². The first kappa shape index (κ1) is 23.3. The maximum atomic E-state index is 12.4. The van der Waals surface area contributed by atoms with Crippen molar-refractivity contribution in [2.45, 2.75) is 18.6 Å². The van der Waals surface area contributed by atoms with Gasteiger partial charge in [-0.15, -0.1) is 0 Å². The van der Waals surface area contributed by atoms with Crippen LogP contribution in [-0.4, -0.2) is 51.2 Å². The van der Waals surface area contributed by atoms with Gasteiger partial charge in [-0.2, -0.15) is 13.2 Å². The molecule has 0 bridgehead atoms. The first-order valence-corrected chi connectivity index (χ1v) is 9.33. The van der Waals surface area contributed by atoms with Crippen LogP contribution in [0.1, 0.15) is 17.0 Å². The normalized spacial score (nSPS) is 12.9. The van der Waals surface area contributed by atoms with Crippen molar-refractivity contribution in [2.24, 2.45) is 4.99 Å². The molecule has 3 N–H and O–H groups in total. The Morgan fingerprint density at radius 2 is 1.83 bits per heavy atom. The van der Waals surface area contributed by atoms with Crippen LogP contribution in [0.3, 0.4) is 0 Å². The van der Waals surface area contributed by atoms with Gasteiger partial charge in [0.1, 0.15) is 0 Å². The Hall–Kier alpha value is -2.94. The molecule has 2 aromatic carbocycles. The van der Waals surface area contributed by atoms with Gasteiger partial charge in [0.2, 0.25) is 0 Å². The second-order valence-corrected chi connectivity index (χ2v) is 6.49. The fourth-order valence-corrected chi connectivity index (χ4v) is 2.74. The van der Waals surface area contributed by atoms with Gasteiger partial charge in [0.05, 0.1) is 13.7 Å². The molecule has 0 radical (unpaired) electrons. The molecule has 2 rings (SSSR count). The molecular weight excluding hydrogens is 399 g/mol. The summed E-state index contributed by atoms with van der Waals surface area (Å²) in [5.74, 6) is 0.677. The van der Waals surface area contributed by atoms with E-state index in [4.69, 9.17) is 9.47 Å². The third-order valence-corrected chi connectivity index (χ3v) is 4.31. The van der Waals surface area contributed by atoms with Crippen LogP contribution in [-0.2, 0) is 6.54 Å². The Balaban J connectivity index is 1.92. The van der Waals surface area contributed by atoms with Gasteiger partial charge in [-0.1, -0.05) is 36.4 Å². The summed E-state index contributed by atoms with van der Waals surface area (Å²) in [5.41, 5.74) is 1.79. The molecule has 0 heterocycles. The summed E-state index contributed by atoms with van der Waals surface area (Å²) in [6, 6.07) is 14.3. The second kappa shape index (κ2) is 11.3. The van der Waals surface area contributed by atoms with Crippen molar-refractivity contribution in [3.63, 3.8) is 0 Å². The van der Waals surface area contributed by atoms with Crippen LogP contribution in [0.25, 0.3) is 0 Å². The first-order valence-electron chi connectivity index (χ1n) is 9.33. The molecule has 0 fully saturated rings. The van der Waals surface area contributed by atoms with Gasteiger partial charge in [0.15, 0.2) is 24.1 Å². The lowest BCUT2D eigenvalue weighted by atomic mass is 10.0. The minimum Gasteiger partial charge on any atom is -0.493 e. The average Bonchev–Trinajstić information content (AvgIpc) is 2.75. The summed E-state index contributed by atoms with van der Waals surface area (Å²) in [7, 11) is 2.99. The van der Waals surface area contributed by atoms with E-state index in [0.29, 0.717) is 19.0 Å². The molecule has 0 spiro atoms. The van der Waals surface area contributed by atoms with Crippen molar-refractivity contribution in [1.82, 2.24) is 10.6 Å². The molecule has 0 aliphatic rings. The number of aliphatic hydroxyl groups excluding tert-OH is 1. The van der Waals surface area contributed by atoms with Gasteiger partial charge in [-0.05, 0) is 23.3 Å². The Morgan fingerprint density at radius 1 is 1.10 bits per heavy atom. The second-order valence-electron chi connectivity index (χ2n) is 6.49. The average molecular weight is 425 g/mol. The third kappa shape index (κ3) is 7.47. The highest BCUT2D eigenvalue weighted by molar-refractivity contribution is 5.79. The number of benzene rings is 2. The number of hydrogen-bond acceptors (Lipinski definition) is 4. The number of aliphatic imine (C=N–C) groups is 1. The number of ether oxygens (including phenoxy) is 2. The Kier molecular flexibility index (Phi) is 8.79. The minimum absolute atomic E-state index is 0.00933. The quantitative estimate of drug-likeness (QED) is 0.425. The highest BCUT2D eigenvalue weighted by Gasteiger charge is 2.29. The zero-order chi connectivity index (χ0) is 22.0.